The minimum absolute atomic E-state index is 0. The Balaban J connectivity index is 0.00000204. The minimum atomic E-state index is -2.53. The van der Waals surface area contributed by atoms with E-state index in [1.807, 2.05) is 0 Å². The molecule has 1 aliphatic rings. The van der Waals surface area contributed by atoms with Gasteiger partial charge in [-0.1, -0.05) is 0 Å². The molecular weight excluding hydrogens is 543 g/mol. The Morgan fingerprint density at radius 1 is 0.514 bits per heavy atom. The summed E-state index contributed by atoms with van der Waals surface area (Å²) in [4.78, 5) is 0. The summed E-state index contributed by atoms with van der Waals surface area (Å²) in [5.74, 6) is 0. The van der Waals surface area contributed by atoms with Gasteiger partial charge in [0.2, 0.25) is 0 Å². The fourth-order valence-electron chi connectivity index (χ4n) is 5.75. The van der Waals surface area contributed by atoms with E-state index in [9.17, 15) is 0 Å². The Morgan fingerprint density at radius 2 is 0.800 bits per heavy atom. The predicted octanol–water partition coefficient (Wildman–Crippen LogP) is -2.97. The second-order valence-corrected chi connectivity index (χ2v) is 15.5. The van der Waals surface area contributed by atoms with Crippen LogP contribution >= 0.6 is 0 Å². The van der Waals surface area contributed by atoms with Crippen LogP contribution < -0.4 is 52.8 Å². The van der Waals surface area contributed by atoms with Crippen molar-refractivity contribution in [3.8, 4) is 0 Å². The zero-order valence-corrected chi connectivity index (χ0v) is 26.4. The molecule has 3 aromatic rings. The van der Waals surface area contributed by atoms with E-state index in [-0.39, 0.29) is 40.6 Å². The standard InChI is InChI=1S/C30H33Si.3ClH.Ti/c1-20-11-8-14-27(17-20)31(28-15-9-12-21(2)18-28,29-16-10-13-22(3)19-29)30-25(6)23(4)24(5)26(30)7;;;;/h8-19H,1-7H3;3*1H;/q;;;;+3/p-3. The molecule has 0 saturated carbocycles. The normalized spacial score (nSPS) is 14.8. The van der Waals surface area contributed by atoms with Crippen molar-refractivity contribution in [2.45, 2.75) is 51.8 Å². The number of allylic oxidation sites excluding steroid dienone is 4. The molecule has 0 aromatic heterocycles. The van der Waals surface area contributed by atoms with Crippen LogP contribution in [0, 0.1) is 20.8 Å². The molecule has 5 heteroatoms. The van der Waals surface area contributed by atoms with E-state index >= 15 is 0 Å². The SMILES string of the molecule is CC1=C(C)[C]([Ti+3])([Si](c2cccc(C)c2)(c2cccc(C)c2)c2cccc(C)c2)C(C)=C1C.[Cl-].[Cl-].[Cl-]. The van der Waals surface area contributed by atoms with E-state index in [2.05, 4.69) is 142 Å². The number of hydrogen-bond acceptors (Lipinski definition) is 0. The molecule has 0 nitrogen and oxygen atoms in total. The molecule has 0 aliphatic heterocycles. The maximum absolute atomic E-state index is 2.54. The molecule has 0 spiro atoms. The van der Waals surface area contributed by atoms with E-state index in [1.54, 1.807) is 0 Å². The first kappa shape index (κ1) is 32.0. The van der Waals surface area contributed by atoms with E-state index in [0.717, 1.165) is 0 Å². The van der Waals surface area contributed by atoms with Crippen LogP contribution in [0.2, 0.25) is 3.34 Å². The number of hydrogen-bond donors (Lipinski definition) is 0. The van der Waals surface area contributed by atoms with Crippen molar-refractivity contribution in [2.24, 2.45) is 0 Å². The first-order valence-electron chi connectivity index (χ1n) is 11.5. The molecule has 4 rings (SSSR count). The number of rotatable bonds is 4. The summed E-state index contributed by atoms with van der Waals surface area (Å²) in [6.07, 6.45) is 0. The largest absolute Gasteiger partial charge is 1.00 e. The van der Waals surface area contributed by atoms with Gasteiger partial charge in [0.15, 0.2) is 0 Å². The van der Waals surface area contributed by atoms with Gasteiger partial charge in [0.1, 0.15) is 0 Å². The molecule has 0 N–H and O–H groups in total. The summed E-state index contributed by atoms with van der Waals surface area (Å²) in [5.41, 5.74) is 9.99. The molecule has 35 heavy (non-hydrogen) atoms. The Morgan fingerprint density at radius 3 is 1.06 bits per heavy atom. The molecule has 0 heterocycles. The summed E-state index contributed by atoms with van der Waals surface area (Å²) in [6, 6.07) is 28.1. The van der Waals surface area contributed by atoms with Gasteiger partial charge in [-0.2, -0.15) is 0 Å². The Bertz CT molecular complexity index is 1140. The number of aryl methyl sites for hydroxylation is 3. The first-order valence-corrected chi connectivity index (χ1v) is 14.2. The summed E-state index contributed by atoms with van der Waals surface area (Å²) in [6.45, 7) is 16.1. The molecule has 0 atom stereocenters. The predicted molar refractivity (Wildman–Crippen MR) is 138 cm³/mol. The van der Waals surface area contributed by atoms with Gasteiger partial charge in [0.25, 0.3) is 0 Å². The molecule has 0 fully saturated rings. The molecule has 3 aromatic carbocycles. The van der Waals surface area contributed by atoms with Gasteiger partial charge in [0, 0.05) is 0 Å². The van der Waals surface area contributed by atoms with Crippen molar-refractivity contribution in [2.75, 3.05) is 0 Å². The third-order valence-electron chi connectivity index (χ3n) is 7.73. The molecule has 0 unspecified atom stereocenters. The number of halogens is 3. The monoisotopic (exact) mass is 574 g/mol. The molecule has 0 bridgehead atoms. The van der Waals surface area contributed by atoms with E-state index in [4.69, 9.17) is 0 Å². The van der Waals surface area contributed by atoms with Crippen molar-refractivity contribution >= 4 is 23.6 Å². The van der Waals surface area contributed by atoms with Crippen molar-refractivity contribution in [3.05, 3.63) is 112 Å². The molecule has 0 amide bonds. The zero-order valence-electron chi connectivity index (χ0n) is 21.6. The van der Waals surface area contributed by atoms with Crippen LogP contribution in [0.25, 0.3) is 0 Å². The van der Waals surface area contributed by atoms with Gasteiger partial charge in [-0.15, -0.1) is 0 Å². The fraction of sp³-hybridized carbons (Fsp3) is 0.267. The van der Waals surface area contributed by atoms with Crippen molar-refractivity contribution in [1.29, 1.82) is 0 Å². The minimum Gasteiger partial charge on any atom is -1.00 e. The van der Waals surface area contributed by atoms with E-state index in [0.29, 0.717) is 0 Å². The maximum Gasteiger partial charge on any atom is -1.00 e. The van der Waals surface area contributed by atoms with Gasteiger partial charge in [-0.3, -0.25) is 0 Å². The number of benzene rings is 3. The second-order valence-electron chi connectivity index (χ2n) is 9.61. The van der Waals surface area contributed by atoms with E-state index in [1.165, 1.54) is 54.5 Å². The summed E-state index contributed by atoms with van der Waals surface area (Å²) < 4.78 is -0.0451. The van der Waals surface area contributed by atoms with E-state index < -0.39 is 8.07 Å². The van der Waals surface area contributed by atoms with Crippen LogP contribution in [0.15, 0.2) is 95.1 Å². The van der Waals surface area contributed by atoms with Gasteiger partial charge in [0.05, 0.1) is 0 Å². The second kappa shape index (κ2) is 12.0. The summed E-state index contributed by atoms with van der Waals surface area (Å²) in [7, 11) is -2.53. The van der Waals surface area contributed by atoms with Gasteiger partial charge >= 0.3 is 208 Å². The Kier molecular flexibility index (Phi) is 11.0. The molecule has 0 radical (unpaired) electrons. The molecular formula is C30H33Cl3SiTi. The van der Waals surface area contributed by atoms with Crippen LogP contribution in [0.3, 0.4) is 0 Å². The van der Waals surface area contributed by atoms with Crippen LogP contribution in [0.5, 0.6) is 0 Å². The summed E-state index contributed by atoms with van der Waals surface area (Å²) in [5, 5.41) is 4.49. The Labute approximate surface area is 243 Å². The van der Waals surface area contributed by atoms with Gasteiger partial charge in [-0.25, -0.2) is 0 Å². The third kappa shape index (κ3) is 4.93. The zero-order chi connectivity index (χ0) is 23.3. The molecule has 182 valence electrons. The van der Waals surface area contributed by atoms with Crippen molar-refractivity contribution in [1.82, 2.24) is 0 Å². The third-order valence-corrected chi connectivity index (χ3v) is 16.1. The van der Waals surface area contributed by atoms with Crippen LogP contribution in [0.4, 0.5) is 0 Å². The van der Waals surface area contributed by atoms with Crippen LogP contribution in [-0.2, 0) is 20.4 Å². The maximum atomic E-state index is 2.54. The topological polar surface area (TPSA) is 0 Å². The van der Waals surface area contributed by atoms with Crippen LogP contribution in [0.1, 0.15) is 44.4 Å². The van der Waals surface area contributed by atoms with Crippen molar-refractivity contribution in [3.63, 3.8) is 0 Å². The quantitative estimate of drug-likeness (QED) is 0.230. The molecule has 0 saturated heterocycles. The average molecular weight is 576 g/mol. The average Bonchev–Trinajstić information content (AvgIpc) is 2.91. The fourth-order valence-corrected chi connectivity index (χ4v) is 14.5. The smallest absolute Gasteiger partial charge is 1.00 e. The summed E-state index contributed by atoms with van der Waals surface area (Å²) >= 11 is 2.54. The van der Waals surface area contributed by atoms with Crippen LogP contribution in [-0.4, -0.2) is 8.07 Å². The first-order chi connectivity index (χ1) is 15.1. The Hall–Kier alpha value is -1.06. The molecule has 1 aliphatic carbocycles. The van der Waals surface area contributed by atoms with Crippen molar-refractivity contribution < 1.29 is 57.7 Å². The van der Waals surface area contributed by atoms with Gasteiger partial charge in [-0.05, 0) is 0 Å². The van der Waals surface area contributed by atoms with Gasteiger partial charge < -0.3 is 37.2 Å².